The summed E-state index contributed by atoms with van der Waals surface area (Å²) in [4.78, 5) is 11.1. The van der Waals surface area contributed by atoms with Crippen LogP contribution >= 0.6 is 0 Å². The van der Waals surface area contributed by atoms with Crippen molar-refractivity contribution in [3.8, 4) is 0 Å². The molecule has 1 aliphatic rings. The Labute approximate surface area is 103 Å². The maximum absolute atomic E-state index is 4.51. The zero-order valence-electron chi connectivity index (χ0n) is 10.8. The monoisotopic (exact) mass is 235 g/mol. The normalized spacial score (nSPS) is 19.4. The van der Waals surface area contributed by atoms with E-state index < -0.39 is 0 Å². The predicted octanol–water partition coefficient (Wildman–Crippen LogP) is 1.01. The van der Waals surface area contributed by atoms with Gasteiger partial charge in [-0.2, -0.15) is 0 Å². The Kier molecular flexibility index (Phi) is 3.78. The third kappa shape index (κ3) is 2.85. The van der Waals surface area contributed by atoms with Crippen molar-refractivity contribution in [3.63, 3.8) is 0 Å². The van der Waals surface area contributed by atoms with E-state index in [9.17, 15) is 0 Å². The van der Waals surface area contributed by atoms with Gasteiger partial charge in [-0.1, -0.05) is 0 Å². The zero-order chi connectivity index (χ0) is 12.3. The summed E-state index contributed by atoms with van der Waals surface area (Å²) in [6.45, 7) is 7.02. The number of anilines is 2. The van der Waals surface area contributed by atoms with E-state index in [0.717, 1.165) is 37.1 Å². The Bertz CT molecular complexity index is 373. The fraction of sp³-hybridized carbons (Fsp3) is 0.667. The molecule has 2 N–H and O–H groups in total. The lowest BCUT2D eigenvalue weighted by atomic mass is 10.2. The van der Waals surface area contributed by atoms with Gasteiger partial charge in [-0.25, -0.2) is 9.97 Å². The van der Waals surface area contributed by atoms with Crippen LogP contribution in [0.5, 0.6) is 0 Å². The van der Waals surface area contributed by atoms with E-state index in [-0.39, 0.29) is 0 Å². The molecule has 0 amide bonds. The van der Waals surface area contributed by atoms with Gasteiger partial charge < -0.3 is 15.5 Å². The molecule has 5 nitrogen and oxygen atoms in total. The van der Waals surface area contributed by atoms with Gasteiger partial charge in [-0.3, -0.25) is 0 Å². The van der Waals surface area contributed by atoms with Crippen molar-refractivity contribution in [2.24, 2.45) is 0 Å². The Hall–Kier alpha value is -1.36. The van der Waals surface area contributed by atoms with Crippen LogP contribution in [0.15, 0.2) is 6.07 Å². The fourth-order valence-corrected chi connectivity index (χ4v) is 2.16. The molecule has 2 rings (SSSR count). The number of nitrogens with zero attached hydrogens (tertiary/aromatic N) is 3. The lowest BCUT2D eigenvalue weighted by Crippen LogP contribution is -2.34. The number of hydrogen-bond donors (Lipinski definition) is 2. The molecule has 1 fully saturated rings. The van der Waals surface area contributed by atoms with Crippen molar-refractivity contribution in [2.75, 3.05) is 36.9 Å². The minimum atomic E-state index is 0.541. The standard InChI is InChI=1S/C12H21N5/c1-4-14-11-7-12(16-9(2)15-11)17(3)10-5-6-13-8-10/h7,10,13H,4-6,8H2,1-3H3,(H,14,15,16). The Morgan fingerprint density at radius 1 is 1.53 bits per heavy atom. The molecule has 5 heteroatoms. The van der Waals surface area contributed by atoms with Gasteiger partial charge in [-0.15, -0.1) is 0 Å². The third-order valence-corrected chi connectivity index (χ3v) is 3.13. The molecule has 0 spiro atoms. The van der Waals surface area contributed by atoms with Crippen LogP contribution in [0, 0.1) is 6.92 Å². The van der Waals surface area contributed by atoms with Gasteiger partial charge in [0.05, 0.1) is 0 Å². The second kappa shape index (κ2) is 5.31. The Morgan fingerprint density at radius 2 is 2.35 bits per heavy atom. The highest BCUT2D eigenvalue weighted by Crippen LogP contribution is 2.19. The van der Waals surface area contributed by atoms with Crippen molar-refractivity contribution in [2.45, 2.75) is 26.3 Å². The fourth-order valence-electron chi connectivity index (χ4n) is 2.16. The van der Waals surface area contributed by atoms with Crippen LogP contribution in [0.4, 0.5) is 11.6 Å². The van der Waals surface area contributed by atoms with Gasteiger partial charge in [0, 0.05) is 32.2 Å². The summed E-state index contributed by atoms with van der Waals surface area (Å²) in [7, 11) is 2.11. The Morgan fingerprint density at radius 3 is 3.00 bits per heavy atom. The first-order valence-electron chi connectivity index (χ1n) is 6.24. The van der Waals surface area contributed by atoms with Crippen molar-refractivity contribution in [1.82, 2.24) is 15.3 Å². The summed E-state index contributed by atoms with van der Waals surface area (Å²) < 4.78 is 0. The van der Waals surface area contributed by atoms with E-state index in [0.29, 0.717) is 6.04 Å². The van der Waals surface area contributed by atoms with Crippen LogP contribution in [0.25, 0.3) is 0 Å². The van der Waals surface area contributed by atoms with Crippen LogP contribution in [-0.4, -0.2) is 42.7 Å². The topological polar surface area (TPSA) is 53.1 Å². The SMILES string of the molecule is CCNc1cc(N(C)C2CCNC2)nc(C)n1. The largest absolute Gasteiger partial charge is 0.370 e. The first kappa shape index (κ1) is 12.1. The lowest BCUT2D eigenvalue weighted by molar-refractivity contribution is 0.675. The van der Waals surface area contributed by atoms with Gasteiger partial charge in [0.15, 0.2) is 0 Å². The highest BCUT2D eigenvalue weighted by atomic mass is 15.2. The van der Waals surface area contributed by atoms with Crippen LogP contribution < -0.4 is 15.5 Å². The summed E-state index contributed by atoms with van der Waals surface area (Å²) in [5.74, 6) is 2.73. The van der Waals surface area contributed by atoms with E-state index in [2.05, 4.69) is 39.5 Å². The minimum absolute atomic E-state index is 0.541. The predicted molar refractivity (Wildman–Crippen MR) is 70.6 cm³/mol. The van der Waals surface area contributed by atoms with Gasteiger partial charge in [-0.05, 0) is 26.8 Å². The van der Waals surface area contributed by atoms with Crippen LogP contribution in [0.3, 0.4) is 0 Å². The maximum Gasteiger partial charge on any atom is 0.134 e. The zero-order valence-corrected chi connectivity index (χ0v) is 10.8. The molecule has 1 saturated heterocycles. The molecular formula is C12H21N5. The molecule has 0 aromatic carbocycles. The molecule has 0 saturated carbocycles. The van der Waals surface area contributed by atoms with E-state index in [4.69, 9.17) is 0 Å². The van der Waals surface area contributed by atoms with E-state index in [1.54, 1.807) is 0 Å². The molecule has 0 radical (unpaired) electrons. The first-order valence-corrected chi connectivity index (χ1v) is 6.24. The molecule has 1 aliphatic heterocycles. The molecule has 2 heterocycles. The third-order valence-electron chi connectivity index (χ3n) is 3.13. The Balaban J connectivity index is 2.18. The van der Waals surface area contributed by atoms with Crippen molar-refractivity contribution >= 4 is 11.6 Å². The smallest absolute Gasteiger partial charge is 0.134 e. The van der Waals surface area contributed by atoms with Crippen molar-refractivity contribution in [1.29, 1.82) is 0 Å². The molecule has 1 unspecified atom stereocenters. The highest BCUT2D eigenvalue weighted by Gasteiger charge is 2.20. The van der Waals surface area contributed by atoms with E-state index >= 15 is 0 Å². The summed E-state index contributed by atoms with van der Waals surface area (Å²) >= 11 is 0. The average Bonchev–Trinajstić information content (AvgIpc) is 2.81. The molecule has 1 aromatic heterocycles. The molecule has 1 atom stereocenters. The van der Waals surface area contributed by atoms with Gasteiger partial charge in [0.1, 0.15) is 17.5 Å². The summed E-state index contributed by atoms with van der Waals surface area (Å²) in [6, 6.07) is 2.56. The second-order valence-electron chi connectivity index (χ2n) is 4.45. The quantitative estimate of drug-likeness (QED) is 0.816. The van der Waals surface area contributed by atoms with Crippen LogP contribution in [0.2, 0.25) is 0 Å². The van der Waals surface area contributed by atoms with Crippen molar-refractivity contribution in [3.05, 3.63) is 11.9 Å². The molecule has 94 valence electrons. The lowest BCUT2D eigenvalue weighted by Gasteiger charge is -2.25. The minimum Gasteiger partial charge on any atom is -0.370 e. The number of likely N-dealkylation sites (N-methyl/N-ethyl adjacent to an activating group) is 1. The van der Waals surface area contributed by atoms with Gasteiger partial charge >= 0.3 is 0 Å². The number of nitrogens with one attached hydrogen (secondary N) is 2. The average molecular weight is 235 g/mol. The summed E-state index contributed by atoms with van der Waals surface area (Å²) in [6.07, 6.45) is 1.18. The number of aromatic nitrogens is 2. The van der Waals surface area contributed by atoms with Crippen LogP contribution in [0.1, 0.15) is 19.2 Å². The number of hydrogen-bond acceptors (Lipinski definition) is 5. The number of rotatable bonds is 4. The molecule has 0 bridgehead atoms. The highest BCUT2D eigenvalue weighted by molar-refractivity contribution is 5.49. The molecule has 17 heavy (non-hydrogen) atoms. The van der Waals surface area contributed by atoms with E-state index in [1.165, 1.54) is 6.42 Å². The number of aryl methyl sites for hydroxylation is 1. The second-order valence-corrected chi connectivity index (χ2v) is 4.45. The van der Waals surface area contributed by atoms with E-state index in [1.807, 2.05) is 13.0 Å². The first-order chi connectivity index (χ1) is 8.20. The summed E-state index contributed by atoms with van der Waals surface area (Å²) in [5.41, 5.74) is 0. The molecule has 1 aromatic rings. The maximum atomic E-state index is 4.51. The molecular weight excluding hydrogens is 214 g/mol. The summed E-state index contributed by atoms with van der Waals surface area (Å²) in [5, 5.41) is 6.62. The molecule has 0 aliphatic carbocycles. The van der Waals surface area contributed by atoms with Crippen LogP contribution in [-0.2, 0) is 0 Å². The van der Waals surface area contributed by atoms with Gasteiger partial charge in [0.2, 0.25) is 0 Å². The van der Waals surface area contributed by atoms with Crippen molar-refractivity contribution < 1.29 is 0 Å². The van der Waals surface area contributed by atoms with Gasteiger partial charge in [0.25, 0.3) is 0 Å².